The molecule has 0 saturated carbocycles. The van der Waals surface area contributed by atoms with Crippen molar-refractivity contribution < 1.29 is 0 Å². The second-order valence-electron chi connectivity index (χ2n) is 3.59. The lowest BCUT2D eigenvalue weighted by Gasteiger charge is -2.13. The molecular formula is C12H16ClNS. The zero-order valence-electron chi connectivity index (χ0n) is 9.09. The maximum Gasteiger partial charge on any atom is 0.0492 e. The Morgan fingerprint density at radius 1 is 1.53 bits per heavy atom. The molecule has 0 aliphatic carbocycles. The molecule has 0 heterocycles. The molecule has 15 heavy (non-hydrogen) atoms. The van der Waals surface area contributed by atoms with Crippen molar-refractivity contribution >= 4 is 28.9 Å². The quantitative estimate of drug-likeness (QED) is 0.812. The summed E-state index contributed by atoms with van der Waals surface area (Å²) in [4.78, 5) is 1.16. The van der Waals surface area contributed by atoms with Gasteiger partial charge in [0, 0.05) is 27.3 Å². The third-order valence-corrected chi connectivity index (χ3v) is 3.32. The molecule has 0 unspecified atom stereocenters. The largest absolute Gasteiger partial charge is 0.326 e. The van der Waals surface area contributed by atoms with Gasteiger partial charge in [0.25, 0.3) is 0 Å². The Morgan fingerprint density at radius 2 is 2.20 bits per heavy atom. The molecule has 0 aliphatic heterocycles. The number of thioether (sulfide) groups is 1. The molecule has 1 aromatic rings. The smallest absolute Gasteiger partial charge is 0.0492 e. The lowest BCUT2D eigenvalue weighted by Crippen LogP contribution is -2.03. The van der Waals surface area contributed by atoms with Crippen LogP contribution >= 0.6 is 23.4 Å². The van der Waals surface area contributed by atoms with Crippen LogP contribution in [0.5, 0.6) is 0 Å². The number of nitrogens with two attached hydrogens (primary N) is 1. The van der Waals surface area contributed by atoms with Crippen LogP contribution in [0.25, 0.3) is 5.57 Å². The Bertz CT molecular complexity index is 361. The number of halogens is 1. The molecule has 1 aromatic carbocycles. The van der Waals surface area contributed by atoms with Gasteiger partial charge < -0.3 is 5.73 Å². The summed E-state index contributed by atoms with van der Waals surface area (Å²) in [6.07, 6.45) is 0. The minimum Gasteiger partial charge on any atom is -0.326 e. The average molecular weight is 242 g/mol. The van der Waals surface area contributed by atoms with Crippen molar-refractivity contribution in [3.05, 3.63) is 35.4 Å². The summed E-state index contributed by atoms with van der Waals surface area (Å²) in [6.45, 7) is 8.70. The molecule has 0 amide bonds. The molecule has 3 heteroatoms. The topological polar surface area (TPSA) is 26.0 Å². The molecule has 0 saturated heterocycles. The van der Waals surface area contributed by atoms with Gasteiger partial charge in [-0.15, -0.1) is 11.8 Å². The summed E-state index contributed by atoms with van der Waals surface area (Å²) in [7, 11) is 0. The Hall–Kier alpha value is -0.440. The van der Waals surface area contributed by atoms with Gasteiger partial charge in [0.1, 0.15) is 0 Å². The van der Waals surface area contributed by atoms with Crippen molar-refractivity contribution in [2.45, 2.75) is 24.0 Å². The van der Waals surface area contributed by atoms with Crippen LogP contribution in [0.1, 0.15) is 19.4 Å². The highest BCUT2D eigenvalue weighted by atomic mass is 35.5. The van der Waals surface area contributed by atoms with E-state index >= 15 is 0 Å². The van der Waals surface area contributed by atoms with Gasteiger partial charge in [-0.2, -0.15) is 0 Å². The van der Waals surface area contributed by atoms with E-state index < -0.39 is 0 Å². The summed E-state index contributed by atoms with van der Waals surface area (Å²) < 4.78 is 0. The highest BCUT2D eigenvalue weighted by Gasteiger charge is 2.10. The standard InChI is InChI=1S/C12H16ClNS/c1-8(2)15-11-6-4-5-10(13)12(11)9(3)7-14/h4-6,8H,3,7,14H2,1-2H3. The van der Waals surface area contributed by atoms with Gasteiger partial charge in [0.05, 0.1) is 0 Å². The van der Waals surface area contributed by atoms with Crippen LogP contribution in [0, 0.1) is 0 Å². The molecule has 0 radical (unpaired) electrons. The Kier molecular flexibility index (Phi) is 4.71. The van der Waals surface area contributed by atoms with Crippen LogP contribution in [0.15, 0.2) is 29.7 Å². The van der Waals surface area contributed by atoms with Crippen LogP contribution in [-0.4, -0.2) is 11.8 Å². The van der Waals surface area contributed by atoms with Crippen molar-refractivity contribution in [3.63, 3.8) is 0 Å². The molecule has 0 spiro atoms. The highest BCUT2D eigenvalue weighted by molar-refractivity contribution is 8.00. The van der Waals surface area contributed by atoms with Crippen molar-refractivity contribution in [2.24, 2.45) is 5.73 Å². The number of rotatable bonds is 4. The molecule has 2 N–H and O–H groups in total. The number of hydrogen-bond donors (Lipinski definition) is 1. The highest BCUT2D eigenvalue weighted by Crippen LogP contribution is 2.34. The molecular weight excluding hydrogens is 226 g/mol. The minimum absolute atomic E-state index is 0.440. The molecule has 0 fully saturated rings. The van der Waals surface area contributed by atoms with Crippen LogP contribution in [0.4, 0.5) is 0 Å². The predicted molar refractivity (Wildman–Crippen MR) is 70.5 cm³/mol. The summed E-state index contributed by atoms with van der Waals surface area (Å²) in [5.41, 5.74) is 7.50. The molecule has 0 atom stereocenters. The van der Waals surface area contributed by atoms with Gasteiger partial charge >= 0.3 is 0 Å². The molecule has 0 aromatic heterocycles. The number of benzene rings is 1. The van der Waals surface area contributed by atoms with Crippen LogP contribution in [0.3, 0.4) is 0 Å². The maximum atomic E-state index is 6.16. The first-order chi connectivity index (χ1) is 7.06. The maximum absolute atomic E-state index is 6.16. The van der Waals surface area contributed by atoms with Crippen molar-refractivity contribution in [3.8, 4) is 0 Å². The fraction of sp³-hybridized carbons (Fsp3) is 0.333. The SMILES string of the molecule is C=C(CN)c1c(Cl)cccc1SC(C)C. The Morgan fingerprint density at radius 3 is 2.73 bits per heavy atom. The van der Waals surface area contributed by atoms with Gasteiger partial charge in [0.2, 0.25) is 0 Å². The molecule has 1 rings (SSSR count). The monoisotopic (exact) mass is 241 g/mol. The summed E-state index contributed by atoms with van der Waals surface area (Å²) in [5, 5.41) is 1.25. The lowest BCUT2D eigenvalue weighted by molar-refractivity contribution is 1.11. The van der Waals surface area contributed by atoms with Crippen LogP contribution < -0.4 is 5.73 Å². The third-order valence-electron chi connectivity index (χ3n) is 1.94. The van der Waals surface area contributed by atoms with E-state index in [4.69, 9.17) is 17.3 Å². The van der Waals surface area contributed by atoms with Crippen LogP contribution in [-0.2, 0) is 0 Å². The molecule has 82 valence electrons. The van der Waals surface area contributed by atoms with Crippen molar-refractivity contribution in [1.29, 1.82) is 0 Å². The normalized spacial score (nSPS) is 10.7. The zero-order valence-corrected chi connectivity index (χ0v) is 10.7. The zero-order chi connectivity index (χ0) is 11.4. The van der Waals surface area contributed by atoms with Gasteiger partial charge in [-0.25, -0.2) is 0 Å². The van der Waals surface area contributed by atoms with Crippen LogP contribution in [0.2, 0.25) is 5.02 Å². The van der Waals surface area contributed by atoms with E-state index in [1.165, 1.54) is 0 Å². The predicted octanol–water partition coefficient (Wildman–Crippen LogP) is 3.81. The van der Waals surface area contributed by atoms with Crippen molar-refractivity contribution in [1.82, 2.24) is 0 Å². The van der Waals surface area contributed by atoms with Crippen molar-refractivity contribution in [2.75, 3.05) is 6.54 Å². The average Bonchev–Trinajstić information content (AvgIpc) is 2.16. The fourth-order valence-corrected chi connectivity index (χ4v) is 2.70. The summed E-state index contributed by atoms with van der Waals surface area (Å²) in [6, 6.07) is 5.90. The first-order valence-electron chi connectivity index (χ1n) is 4.89. The van der Waals surface area contributed by atoms with E-state index in [1.54, 1.807) is 11.8 Å². The van der Waals surface area contributed by atoms with Gasteiger partial charge in [-0.1, -0.05) is 38.1 Å². The van der Waals surface area contributed by atoms with E-state index in [0.29, 0.717) is 11.8 Å². The first-order valence-corrected chi connectivity index (χ1v) is 6.15. The van der Waals surface area contributed by atoms with E-state index in [0.717, 1.165) is 21.1 Å². The van der Waals surface area contributed by atoms with E-state index in [1.807, 2.05) is 12.1 Å². The molecule has 0 bridgehead atoms. The minimum atomic E-state index is 0.440. The Labute approximate surface area is 101 Å². The second kappa shape index (κ2) is 5.59. The second-order valence-corrected chi connectivity index (χ2v) is 5.61. The summed E-state index contributed by atoms with van der Waals surface area (Å²) >= 11 is 7.94. The fourth-order valence-electron chi connectivity index (χ4n) is 1.30. The van der Waals surface area contributed by atoms with Gasteiger partial charge in [-0.05, 0) is 17.7 Å². The lowest BCUT2D eigenvalue weighted by atomic mass is 10.1. The van der Waals surface area contributed by atoms with E-state index in [2.05, 4.69) is 26.5 Å². The van der Waals surface area contributed by atoms with E-state index in [-0.39, 0.29) is 0 Å². The summed E-state index contributed by atoms with van der Waals surface area (Å²) in [5.74, 6) is 0. The first kappa shape index (κ1) is 12.6. The third kappa shape index (κ3) is 3.26. The molecule has 0 aliphatic rings. The van der Waals surface area contributed by atoms with Gasteiger partial charge in [-0.3, -0.25) is 0 Å². The van der Waals surface area contributed by atoms with Gasteiger partial charge in [0.15, 0.2) is 0 Å². The molecule has 1 nitrogen and oxygen atoms in total. The Balaban J connectivity index is 3.14. The van der Waals surface area contributed by atoms with E-state index in [9.17, 15) is 0 Å². The number of hydrogen-bond acceptors (Lipinski definition) is 2.